The van der Waals surface area contributed by atoms with Gasteiger partial charge in [0.05, 0.1) is 15.9 Å². The van der Waals surface area contributed by atoms with Crippen molar-refractivity contribution in [2.75, 3.05) is 17.6 Å². The monoisotopic (exact) mass is 349 g/mol. The van der Waals surface area contributed by atoms with Crippen LogP contribution in [0.25, 0.3) is 0 Å². The van der Waals surface area contributed by atoms with Crippen molar-refractivity contribution in [2.24, 2.45) is 0 Å². The lowest BCUT2D eigenvalue weighted by molar-refractivity contribution is -0.393. The highest BCUT2D eigenvalue weighted by Gasteiger charge is 2.19. The minimum atomic E-state index is -1.11. The van der Waals surface area contributed by atoms with Gasteiger partial charge >= 0.3 is 0 Å². The number of non-ortho nitro benzene ring substituents is 1. The molecule has 0 fully saturated rings. The summed E-state index contributed by atoms with van der Waals surface area (Å²) in [4.78, 5) is 20.3. The number of rotatable bonds is 8. The Morgan fingerprint density at radius 3 is 2.33 bits per heavy atom. The van der Waals surface area contributed by atoms with Crippen LogP contribution in [0.4, 0.5) is 17.1 Å². The van der Waals surface area contributed by atoms with Gasteiger partial charge in [0.15, 0.2) is 0 Å². The van der Waals surface area contributed by atoms with E-state index in [1.54, 1.807) is 0 Å². The number of hydrogen-bond donors (Lipinski definition) is 1. The van der Waals surface area contributed by atoms with Crippen LogP contribution in [0.2, 0.25) is 0 Å². The van der Waals surface area contributed by atoms with E-state index < -0.39 is 20.6 Å². The fraction of sp³-hybridized carbons (Fsp3) is 0.200. The first-order chi connectivity index (χ1) is 11.5. The van der Waals surface area contributed by atoms with Gasteiger partial charge in [-0.3, -0.25) is 24.4 Å². The van der Waals surface area contributed by atoms with E-state index in [-0.39, 0.29) is 23.6 Å². The summed E-state index contributed by atoms with van der Waals surface area (Å²) in [5.41, 5.74) is 0.400. The molecule has 0 amide bonds. The molecule has 24 heavy (non-hydrogen) atoms. The van der Waals surface area contributed by atoms with Crippen molar-refractivity contribution in [3.05, 3.63) is 74.3 Å². The highest BCUT2D eigenvalue weighted by Crippen LogP contribution is 2.28. The van der Waals surface area contributed by atoms with Crippen molar-refractivity contribution in [3.8, 4) is 0 Å². The van der Waals surface area contributed by atoms with Crippen LogP contribution in [0.3, 0.4) is 0 Å². The lowest BCUT2D eigenvalue weighted by Crippen LogP contribution is -2.13. The predicted molar refractivity (Wildman–Crippen MR) is 91.4 cm³/mol. The summed E-state index contributed by atoms with van der Waals surface area (Å²) >= 11 is 0. The topological polar surface area (TPSA) is 115 Å². The summed E-state index contributed by atoms with van der Waals surface area (Å²) in [6.45, 7) is 0.262. The number of nitrogens with one attached hydrogen (secondary N) is 1. The molecule has 0 aliphatic rings. The predicted octanol–water partition coefficient (Wildman–Crippen LogP) is 2.86. The number of hydrogen-bond acceptors (Lipinski definition) is 6. The molecule has 0 bridgehead atoms. The molecular weight excluding hydrogens is 334 g/mol. The maximum absolute atomic E-state index is 12.0. The number of benzene rings is 2. The highest BCUT2D eigenvalue weighted by atomic mass is 32.2. The van der Waals surface area contributed by atoms with E-state index in [0.717, 1.165) is 11.6 Å². The summed E-state index contributed by atoms with van der Waals surface area (Å²) < 4.78 is 12.0. The normalized spacial score (nSPS) is 11.7. The molecule has 2 aromatic rings. The Bertz CT molecular complexity index is 767. The lowest BCUT2D eigenvalue weighted by atomic mass is 10.2. The first-order valence-corrected chi connectivity index (χ1v) is 8.52. The SMILES string of the molecule is O=[N+]([O-])c1ccc(NCCS(=O)Cc2ccccc2)c([N+](=O)[O-])c1. The van der Waals surface area contributed by atoms with Crippen LogP contribution >= 0.6 is 0 Å². The van der Waals surface area contributed by atoms with Gasteiger partial charge in [-0.15, -0.1) is 0 Å². The molecule has 8 nitrogen and oxygen atoms in total. The summed E-state index contributed by atoms with van der Waals surface area (Å²) in [5.74, 6) is 0.716. The Morgan fingerprint density at radius 2 is 1.71 bits per heavy atom. The molecule has 0 heterocycles. The second-order valence-electron chi connectivity index (χ2n) is 4.92. The number of anilines is 1. The van der Waals surface area contributed by atoms with Crippen molar-refractivity contribution in [2.45, 2.75) is 5.75 Å². The van der Waals surface area contributed by atoms with E-state index in [0.29, 0.717) is 11.5 Å². The number of nitro benzene ring substituents is 2. The third-order valence-corrected chi connectivity index (χ3v) is 4.52. The molecule has 0 spiro atoms. The molecule has 0 aromatic heterocycles. The summed E-state index contributed by atoms with van der Waals surface area (Å²) in [6, 6.07) is 12.8. The molecule has 2 rings (SSSR count). The van der Waals surface area contributed by atoms with Crippen molar-refractivity contribution in [1.29, 1.82) is 0 Å². The minimum Gasteiger partial charge on any atom is -0.379 e. The van der Waals surface area contributed by atoms with Gasteiger partial charge in [-0.2, -0.15) is 0 Å². The maximum atomic E-state index is 12.0. The van der Waals surface area contributed by atoms with Gasteiger partial charge in [0, 0.05) is 34.9 Å². The van der Waals surface area contributed by atoms with E-state index in [1.807, 2.05) is 30.3 Å². The summed E-state index contributed by atoms with van der Waals surface area (Å²) in [6.07, 6.45) is 0. The van der Waals surface area contributed by atoms with Gasteiger partial charge in [0.25, 0.3) is 11.4 Å². The quantitative estimate of drug-likeness (QED) is 0.579. The minimum absolute atomic E-state index is 0.169. The third-order valence-electron chi connectivity index (χ3n) is 3.20. The lowest BCUT2D eigenvalue weighted by Gasteiger charge is -2.07. The first-order valence-electron chi connectivity index (χ1n) is 7.03. The zero-order valence-corrected chi connectivity index (χ0v) is 13.4. The fourth-order valence-electron chi connectivity index (χ4n) is 2.07. The van der Waals surface area contributed by atoms with Crippen LogP contribution < -0.4 is 5.32 Å². The smallest absolute Gasteiger partial charge is 0.299 e. The molecular formula is C15H15N3O5S. The third kappa shape index (κ3) is 4.85. The van der Waals surface area contributed by atoms with E-state index >= 15 is 0 Å². The molecule has 2 aromatic carbocycles. The number of nitro groups is 2. The average molecular weight is 349 g/mol. The second kappa shape index (κ2) is 8.16. The summed E-state index contributed by atoms with van der Waals surface area (Å²) in [7, 11) is -1.11. The molecule has 1 atom stereocenters. The van der Waals surface area contributed by atoms with Gasteiger partial charge in [-0.1, -0.05) is 30.3 Å². The van der Waals surface area contributed by atoms with E-state index in [9.17, 15) is 24.4 Å². The molecule has 0 saturated heterocycles. The molecule has 0 saturated carbocycles. The fourth-order valence-corrected chi connectivity index (χ4v) is 3.10. The van der Waals surface area contributed by atoms with Crippen molar-refractivity contribution >= 4 is 27.9 Å². The van der Waals surface area contributed by atoms with E-state index in [2.05, 4.69) is 5.32 Å². The molecule has 1 unspecified atom stereocenters. The van der Waals surface area contributed by atoms with Gasteiger partial charge in [0.2, 0.25) is 0 Å². The van der Waals surface area contributed by atoms with Crippen LogP contribution in [0.5, 0.6) is 0 Å². The van der Waals surface area contributed by atoms with Crippen molar-refractivity contribution in [1.82, 2.24) is 0 Å². The molecule has 1 N–H and O–H groups in total. The van der Waals surface area contributed by atoms with Gasteiger partial charge in [-0.25, -0.2) is 0 Å². The van der Waals surface area contributed by atoms with Crippen molar-refractivity contribution < 1.29 is 14.1 Å². The Kier molecular flexibility index (Phi) is 5.96. The van der Waals surface area contributed by atoms with Gasteiger partial charge in [0.1, 0.15) is 5.69 Å². The second-order valence-corrected chi connectivity index (χ2v) is 6.49. The standard InChI is InChI=1S/C15H15N3O5S/c19-17(20)13-6-7-14(15(10-13)18(21)22)16-8-9-24(23)11-12-4-2-1-3-5-12/h1-7,10,16H,8-9,11H2. The molecule has 9 heteroatoms. The van der Waals surface area contributed by atoms with Crippen LogP contribution in [-0.4, -0.2) is 26.4 Å². The number of nitrogens with zero attached hydrogens (tertiary/aromatic N) is 2. The van der Waals surface area contributed by atoms with Crippen molar-refractivity contribution in [3.63, 3.8) is 0 Å². The van der Waals surface area contributed by atoms with Crippen LogP contribution in [0.15, 0.2) is 48.5 Å². The average Bonchev–Trinajstić information content (AvgIpc) is 2.55. The molecule has 0 aliphatic carbocycles. The van der Waals surface area contributed by atoms with E-state index in [4.69, 9.17) is 0 Å². The van der Waals surface area contributed by atoms with Crippen LogP contribution in [0, 0.1) is 20.2 Å². The highest BCUT2D eigenvalue weighted by molar-refractivity contribution is 7.84. The Labute approximate surface area is 140 Å². The Balaban J connectivity index is 1.95. The van der Waals surface area contributed by atoms with E-state index in [1.165, 1.54) is 12.1 Å². The van der Waals surface area contributed by atoms with Crippen LogP contribution in [0.1, 0.15) is 5.56 Å². The maximum Gasteiger partial charge on any atom is 0.299 e. The molecule has 0 radical (unpaired) electrons. The molecule has 0 aliphatic heterocycles. The molecule has 126 valence electrons. The van der Waals surface area contributed by atoms with Gasteiger partial charge < -0.3 is 5.32 Å². The zero-order valence-electron chi connectivity index (χ0n) is 12.6. The Morgan fingerprint density at radius 1 is 1.00 bits per heavy atom. The Hall–Kier alpha value is -2.81. The van der Waals surface area contributed by atoms with Crippen LogP contribution in [-0.2, 0) is 16.6 Å². The first kappa shape index (κ1) is 17.5. The zero-order chi connectivity index (χ0) is 17.5. The van der Waals surface area contributed by atoms with Gasteiger partial charge in [-0.05, 0) is 11.6 Å². The summed E-state index contributed by atoms with van der Waals surface area (Å²) in [5, 5.41) is 24.5. The largest absolute Gasteiger partial charge is 0.379 e.